The summed E-state index contributed by atoms with van der Waals surface area (Å²) in [5.41, 5.74) is 0. The van der Waals surface area contributed by atoms with Gasteiger partial charge in [-0.1, -0.05) is 19.3 Å². The van der Waals surface area contributed by atoms with Gasteiger partial charge in [-0.15, -0.1) is 0 Å². The lowest BCUT2D eigenvalue weighted by Crippen LogP contribution is -2.48. The molecule has 5 heteroatoms. The largest absolute Gasteiger partial charge is 0.480 e. The Morgan fingerprint density at radius 2 is 1.89 bits per heavy atom. The van der Waals surface area contributed by atoms with E-state index in [1.165, 1.54) is 0 Å². The third kappa shape index (κ3) is 4.82. The van der Waals surface area contributed by atoms with E-state index < -0.39 is 12.0 Å². The van der Waals surface area contributed by atoms with Crippen LogP contribution >= 0.6 is 0 Å². The van der Waals surface area contributed by atoms with E-state index in [9.17, 15) is 14.7 Å². The second-order valence-electron chi connectivity index (χ2n) is 5.63. The third-order valence-corrected chi connectivity index (χ3v) is 3.91. The Kier molecular flexibility index (Phi) is 6.28. The molecule has 1 atom stereocenters. The first-order chi connectivity index (χ1) is 8.93. The Morgan fingerprint density at radius 3 is 2.47 bits per heavy atom. The van der Waals surface area contributed by atoms with Gasteiger partial charge in [-0.05, 0) is 33.2 Å². The van der Waals surface area contributed by atoms with Crippen molar-refractivity contribution in [2.75, 3.05) is 20.1 Å². The van der Waals surface area contributed by atoms with Crippen molar-refractivity contribution in [3.63, 3.8) is 0 Å². The van der Waals surface area contributed by atoms with Crippen molar-refractivity contribution in [2.45, 2.75) is 58.0 Å². The Bertz CT molecular complexity index is 318. The van der Waals surface area contributed by atoms with Gasteiger partial charge in [0.1, 0.15) is 6.04 Å². The maximum Gasteiger partial charge on any atom is 0.320 e. The molecule has 0 spiro atoms. The number of hydrogen-bond acceptors (Lipinski definition) is 3. The Balaban J connectivity index is 2.68. The van der Waals surface area contributed by atoms with Gasteiger partial charge in [-0.2, -0.15) is 0 Å². The molecule has 1 unspecified atom stereocenters. The minimum absolute atomic E-state index is 0.00169. The van der Waals surface area contributed by atoms with Gasteiger partial charge in [-0.25, -0.2) is 0 Å². The second kappa shape index (κ2) is 7.48. The molecule has 0 bridgehead atoms. The van der Waals surface area contributed by atoms with Gasteiger partial charge >= 0.3 is 5.97 Å². The summed E-state index contributed by atoms with van der Waals surface area (Å²) in [5, 5.41) is 9.32. The number of carbonyl (C=O) groups excluding carboxylic acids is 1. The molecule has 1 aliphatic heterocycles. The fourth-order valence-corrected chi connectivity index (χ4v) is 2.39. The zero-order chi connectivity index (χ0) is 14.4. The average molecular weight is 270 g/mol. The number of amides is 1. The predicted molar refractivity (Wildman–Crippen MR) is 74.0 cm³/mol. The molecule has 19 heavy (non-hydrogen) atoms. The number of hydrogen-bond donors (Lipinski definition) is 1. The molecule has 5 nitrogen and oxygen atoms in total. The van der Waals surface area contributed by atoms with Crippen LogP contribution in [-0.4, -0.2) is 59.0 Å². The monoisotopic (exact) mass is 270 g/mol. The molecule has 110 valence electrons. The van der Waals surface area contributed by atoms with Crippen LogP contribution in [0.15, 0.2) is 0 Å². The highest BCUT2D eigenvalue weighted by atomic mass is 16.4. The Labute approximate surface area is 115 Å². The summed E-state index contributed by atoms with van der Waals surface area (Å²) >= 11 is 0. The quantitative estimate of drug-likeness (QED) is 0.842. The van der Waals surface area contributed by atoms with Crippen LogP contribution in [0, 0.1) is 0 Å². The number of rotatable bonds is 4. The molecule has 1 fully saturated rings. The minimum Gasteiger partial charge on any atom is -0.480 e. The molecule has 0 aromatic rings. The molecular formula is C14H26N2O3. The van der Waals surface area contributed by atoms with Gasteiger partial charge in [-0.3, -0.25) is 14.5 Å². The number of likely N-dealkylation sites (tertiary alicyclic amines) is 1. The van der Waals surface area contributed by atoms with E-state index in [0.29, 0.717) is 13.0 Å². The highest BCUT2D eigenvalue weighted by Crippen LogP contribution is 2.17. The lowest BCUT2D eigenvalue weighted by Gasteiger charge is -2.32. The number of likely N-dealkylation sites (N-methyl/N-ethyl adjacent to an activating group) is 1. The topological polar surface area (TPSA) is 60.9 Å². The molecule has 0 aliphatic carbocycles. The van der Waals surface area contributed by atoms with E-state index in [4.69, 9.17) is 0 Å². The lowest BCUT2D eigenvalue weighted by molar-refractivity contribution is -0.145. The van der Waals surface area contributed by atoms with Crippen molar-refractivity contribution in [3.05, 3.63) is 0 Å². The van der Waals surface area contributed by atoms with Crippen LogP contribution in [-0.2, 0) is 9.59 Å². The van der Waals surface area contributed by atoms with Gasteiger partial charge in [0.05, 0.1) is 6.54 Å². The van der Waals surface area contributed by atoms with Crippen LogP contribution in [0.4, 0.5) is 0 Å². The standard InChI is InChI=1S/C14H26N2O3/c1-11(2)15(3)13(17)10-16-9-7-5-4-6-8-12(16)14(18)19/h11-12H,4-10H2,1-3H3,(H,18,19). The summed E-state index contributed by atoms with van der Waals surface area (Å²) in [4.78, 5) is 27.0. The van der Waals surface area contributed by atoms with Crippen molar-refractivity contribution in [3.8, 4) is 0 Å². The molecule has 1 saturated heterocycles. The molecule has 0 aromatic heterocycles. The molecule has 0 aromatic carbocycles. The molecule has 1 aliphatic rings. The molecule has 0 radical (unpaired) electrons. The highest BCUT2D eigenvalue weighted by molar-refractivity contribution is 5.80. The van der Waals surface area contributed by atoms with Crippen LogP contribution < -0.4 is 0 Å². The fourth-order valence-electron chi connectivity index (χ4n) is 2.39. The number of carbonyl (C=O) groups is 2. The van der Waals surface area contributed by atoms with Crippen molar-refractivity contribution in [1.29, 1.82) is 0 Å². The third-order valence-electron chi connectivity index (χ3n) is 3.91. The van der Waals surface area contributed by atoms with E-state index in [0.717, 1.165) is 25.7 Å². The minimum atomic E-state index is -0.804. The van der Waals surface area contributed by atoms with Gasteiger partial charge in [0.25, 0.3) is 0 Å². The predicted octanol–water partition coefficient (Wildman–Crippen LogP) is 1.57. The molecule has 1 N–H and O–H groups in total. The van der Waals surface area contributed by atoms with Crippen LogP contribution in [0.25, 0.3) is 0 Å². The molecule has 0 saturated carbocycles. The lowest BCUT2D eigenvalue weighted by atomic mass is 10.0. The normalized spacial score (nSPS) is 21.8. The highest BCUT2D eigenvalue weighted by Gasteiger charge is 2.28. The zero-order valence-corrected chi connectivity index (χ0v) is 12.3. The van der Waals surface area contributed by atoms with Crippen LogP contribution in [0.3, 0.4) is 0 Å². The zero-order valence-electron chi connectivity index (χ0n) is 12.3. The first-order valence-corrected chi connectivity index (χ1v) is 7.16. The smallest absolute Gasteiger partial charge is 0.320 e. The Hall–Kier alpha value is -1.10. The summed E-state index contributed by atoms with van der Waals surface area (Å²) < 4.78 is 0. The average Bonchev–Trinajstić information content (AvgIpc) is 2.30. The molecule has 1 heterocycles. The Morgan fingerprint density at radius 1 is 1.26 bits per heavy atom. The van der Waals surface area contributed by atoms with Gasteiger partial charge in [0, 0.05) is 13.1 Å². The summed E-state index contributed by atoms with van der Waals surface area (Å²) in [5.74, 6) is -0.802. The van der Waals surface area contributed by atoms with Crippen molar-refractivity contribution >= 4 is 11.9 Å². The van der Waals surface area contributed by atoms with Crippen molar-refractivity contribution in [1.82, 2.24) is 9.80 Å². The molecule has 1 amide bonds. The molecular weight excluding hydrogens is 244 g/mol. The van der Waals surface area contributed by atoms with E-state index in [-0.39, 0.29) is 18.5 Å². The van der Waals surface area contributed by atoms with Crippen LogP contribution in [0.5, 0.6) is 0 Å². The van der Waals surface area contributed by atoms with Crippen molar-refractivity contribution in [2.24, 2.45) is 0 Å². The van der Waals surface area contributed by atoms with E-state index in [2.05, 4.69) is 0 Å². The van der Waals surface area contributed by atoms with Crippen LogP contribution in [0.2, 0.25) is 0 Å². The number of carboxylic acid groups (broad SMARTS) is 1. The summed E-state index contributed by atoms with van der Waals surface area (Å²) in [6.45, 7) is 4.83. The van der Waals surface area contributed by atoms with Gasteiger partial charge in [0.2, 0.25) is 5.91 Å². The van der Waals surface area contributed by atoms with Crippen molar-refractivity contribution < 1.29 is 14.7 Å². The second-order valence-corrected chi connectivity index (χ2v) is 5.63. The van der Waals surface area contributed by atoms with Crippen LogP contribution in [0.1, 0.15) is 46.0 Å². The number of aliphatic carboxylic acids is 1. The van der Waals surface area contributed by atoms with E-state index in [1.807, 2.05) is 18.7 Å². The van der Waals surface area contributed by atoms with E-state index in [1.54, 1.807) is 11.9 Å². The first-order valence-electron chi connectivity index (χ1n) is 7.16. The van der Waals surface area contributed by atoms with E-state index >= 15 is 0 Å². The maximum atomic E-state index is 12.1. The summed E-state index contributed by atoms with van der Waals surface area (Å²) in [6, 6.07) is -0.365. The SMILES string of the molecule is CC(C)N(C)C(=O)CN1CCCCCCC1C(=O)O. The summed E-state index contributed by atoms with van der Waals surface area (Å²) in [6.07, 6.45) is 4.77. The first kappa shape index (κ1) is 16.0. The maximum absolute atomic E-state index is 12.1. The van der Waals surface area contributed by atoms with Gasteiger partial charge in [0.15, 0.2) is 0 Å². The number of carboxylic acids is 1. The number of nitrogens with zero attached hydrogens (tertiary/aromatic N) is 2. The fraction of sp³-hybridized carbons (Fsp3) is 0.857. The molecule has 1 rings (SSSR count). The summed E-state index contributed by atoms with van der Waals surface area (Å²) in [7, 11) is 1.77. The van der Waals surface area contributed by atoms with Gasteiger partial charge < -0.3 is 10.0 Å².